The van der Waals surface area contributed by atoms with E-state index in [-0.39, 0.29) is 0 Å². The summed E-state index contributed by atoms with van der Waals surface area (Å²) in [6.07, 6.45) is 0. The molecule has 0 N–H and O–H groups in total. The van der Waals surface area contributed by atoms with E-state index in [1.54, 1.807) is 0 Å². The zero-order valence-corrected chi connectivity index (χ0v) is 29.8. The first kappa shape index (κ1) is 31.1. The molecular formula is C52H37N. The highest BCUT2D eigenvalue weighted by atomic mass is 15.1. The van der Waals surface area contributed by atoms with Crippen molar-refractivity contribution < 1.29 is 0 Å². The third-order valence-corrected chi connectivity index (χ3v) is 11.0. The van der Waals surface area contributed by atoms with Crippen molar-refractivity contribution in [2.45, 2.75) is 13.8 Å². The van der Waals surface area contributed by atoms with Crippen LogP contribution in [0.3, 0.4) is 0 Å². The Labute approximate surface area is 311 Å². The molecule has 10 rings (SSSR count). The zero-order chi connectivity index (χ0) is 35.5. The van der Waals surface area contributed by atoms with Crippen molar-refractivity contribution in [3.63, 3.8) is 0 Å². The van der Waals surface area contributed by atoms with E-state index in [0.29, 0.717) is 0 Å². The van der Waals surface area contributed by atoms with Gasteiger partial charge in [-0.15, -0.1) is 0 Å². The van der Waals surface area contributed by atoms with Gasteiger partial charge >= 0.3 is 0 Å². The van der Waals surface area contributed by atoms with Crippen LogP contribution in [0, 0.1) is 13.8 Å². The van der Waals surface area contributed by atoms with Gasteiger partial charge in [0, 0.05) is 11.4 Å². The molecule has 0 saturated heterocycles. The highest BCUT2D eigenvalue weighted by molar-refractivity contribution is 6.26. The van der Waals surface area contributed by atoms with Crippen LogP contribution in [0.15, 0.2) is 188 Å². The Balaban J connectivity index is 1.20. The minimum Gasteiger partial charge on any atom is -0.310 e. The number of hydrogen-bond donors (Lipinski definition) is 0. The third kappa shape index (κ3) is 5.08. The molecule has 0 radical (unpaired) electrons. The maximum atomic E-state index is 2.44. The van der Waals surface area contributed by atoms with Gasteiger partial charge in [-0.1, -0.05) is 152 Å². The van der Waals surface area contributed by atoms with Gasteiger partial charge in [-0.05, 0) is 139 Å². The second-order valence-electron chi connectivity index (χ2n) is 14.2. The van der Waals surface area contributed by atoms with Crippen LogP contribution in [-0.2, 0) is 0 Å². The highest BCUT2D eigenvalue weighted by Crippen LogP contribution is 2.60. The van der Waals surface area contributed by atoms with Crippen LogP contribution >= 0.6 is 0 Å². The molecule has 0 spiro atoms. The maximum absolute atomic E-state index is 2.44. The molecule has 0 unspecified atom stereocenters. The first-order chi connectivity index (χ1) is 26.1. The molecule has 0 saturated carbocycles. The number of rotatable bonds is 6. The van der Waals surface area contributed by atoms with E-state index in [1.807, 2.05) is 0 Å². The van der Waals surface area contributed by atoms with Gasteiger partial charge in [0.25, 0.3) is 0 Å². The zero-order valence-electron chi connectivity index (χ0n) is 29.8. The summed E-state index contributed by atoms with van der Waals surface area (Å²) in [4.78, 5) is 2.44. The lowest BCUT2D eigenvalue weighted by molar-refractivity contribution is 1.22. The van der Waals surface area contributed by atoms with Gasteiger partial charge in [0.1, 0.15) is 0 Å². The van der Waals surface area contributed by atoms with Gasteiger partial charge in [0.05, 0.1) is 5.69 Å². The van der Waals surface area contributed by atoms with Crippen LogP contribution in [0.25, 0.3) is 77.2 Å². The molecule has 0 bridgehead atoms. The van der Waals surface area contributed by atoms with E-state index in [1.165, 1.54) is 94.0 Å². The molecule has 0 fully saturated rings. The highest BCUT2D eigenvalue weighted by Gasteiger charge is 2.32. The molecule has 0 aliphatic heterocycles. The van der Waals surface area contributed by atoms with Crippen LogP contribution in [0.5, 0.6) is 0 Å². The monoisotopic (exact) mass is 675 g/mol. The first-order valence-electron chi connectivity index (χ1n) is 18.4. The summed E-state index contributed by atoms with van der Waals surface area (Å²) in [6, 6.07) is 68.9. The van der Waals surface area contributed by atoms with E-state index < -0.39 is 0 Å². The van der Waals surface area contributed by atoms with Crippen LogP contribution in [-0.4, -0.2) is 0 Å². The fourth-order valence-electron chi connectivity index (χ4n) is 8.58. The van der Waals surface area contributed by atoms with Crippen molar-refractivity contribution >= 4 is 38.6 Å². The summed E-state index contributed by atoms with van der Waals surface area (Å²) in [5.74, 6) is 0. The smallest absolute Gasteiger partial charge is 0.0519 e. The molecule has 0 atom stereocenters. The molecule has 1 aliphatic rings. The fourth-order valence-corrected chi connectivity index (χ4v) is 8.58. The summed E-state index contributed by atoms with van der Waals surface area (Å²) >= 11 is 0. The van der Waals surface area contributed by atoms with Gasteiger partial charge < -0.3 is 4.90 Å². The Bertz CT molecular complexity index is 2810. The van der Waals surface area contributed by atoms with Gasteiger partial charge in [-0.2, -0.15) is 0 Å². The third-order valence-electron chi connectivity index (χ3n) is 11.0. The minimum absolute atomic E-state index is 1.14. The molecule has 1 nitrogen and oxygen atoms in total. The minimum atomic E-state index is 1.14. The number of anilines is 3. The van der Waals surface area contributed by atoms with Gasteiger partial charge in [0.15, 0.2) is 0 Å². The van der Waals surface area contributed by atoms with E-state index in [2.05, 4.69) is 207 Å². The Morgan fingerprint density at radius 1 is 0.321 bits per heavy atom. The predicted molar refractivity (Wildman–Crippen MR) is 226 cm³/mol. The number of benzene rings is 9. The first-order valence-corrected chi connectivity index (χ1v) is 18.4. The van der Waals surface area contributed by atoms with Crippen LogP contribution < -0.4 is 4.90 Å². The number of aryl methyl sites for hydroxylation is 2. The summed E-state index contributed by atoms with van der Waals surface area (Å²) in [6.45, 7) is 4.44. The van der Waals surface area contributed by atoms with E-state index in [4.69, 9.17) is 0 Å². The lowest BCUT2D eigenvalue weighted by Crippen LogP contribution is -2.13. The van der Waals surface area contributed by atoms with Gasteiger partial charge in [-0.3, -0.25) is 0 Å². The van der Waals surface area contributed by atoms with E-state index >= 15 is 0 Å². The Morgan fingerprint density at radius 2 is 0.792 bits per heavy atom. The molecule has 9 aromatic rings. The Hall–Kier alpha value is -6.70. The molecule has 53 heavy (non-hydrogen) atoms. The molecule has 1 heteroatoms. The average molecular weight is 676 g/mol. The summed E-state index contributed by atoms with van der Waals surface area (Å²) < 4.78 is 0. The Morgan fingerprint density at radius 3 is 1.38 bits per heavy atom. The van der Waals surface area contributed by atoms with Crippen LogP contribution in [0.4, 0.5) is 17.1 Å². The maximum Gasteiger partial charge on any atom is 0.0519 e. The molecule has 250 valence electrons. The largest absolute Gasteiger partial charge is 0.310 e. The summed E-state index contributed by atoms with van der Waals surface area (Å²) in [5, 5.41) is 5.05. The molecular weight excluding hydrogens is 639 g/mol. The number of fused-ring (bicyclic) bond motifs is 6. The second kappa shape index (κ2) is 12.5. The topological polar surface area (TPSA) is 3.24 Å². The number of nitrogens with zero attached hydrogens (tertiary/aromatic N) is 1. The van der Waals surface area contributed by atoms with Gasteiger partial charge in [-0.25, -0.2) is 0 Å². The quantitative estimate of drug-likeness (QED) is 0.170. The summed E-state index contributed by atoms with van der Waals surface area (Å²) in [7, 11) is 0. The molecule has 0 amide bonds. The standard InChI is InChI=1S/C52H37N/c1-34-16-14-17-35(2)52(34)53(42-25-15-24-39(30-42)36-18-6-3-7-19-36)43-29-28-40-32-46-47(33-41(40)31-43)51-49(38-22-10-5-11-23-38)45-27-13-12-26-44(45)48(50(46)51)37-20-8-4-9-21-37/h3-33H,1-2H3. The summed E-state index contributed by atoms with van der Waals surface area (Å²) in [5.41, 5.74) is 18.9. The SMILES string of the molecule is Cc1cccc(C)c1N(c1cccc(-c2ccccc2)c1)c1ccc2cc3c(cc2c1)-c1c-3c(-c2ccccc2)c2ccccc2c1-c1ccccc1. The lowest BCUT2D eigenvalue weighted by atomic mass is 9.70. The van der Waals surface area contributed by atoms with Crippen molar-refractivity contribution in [1.82, 2.24) is 0 Å². The predicted octanol–water partition coefficient (Wildman–Crippen LogP) is 14.7. The molecule has 1 aliphatic carbocycles. The normalized spacial score (nSPS) is 11.6. The van der Waals surface area contributed by atoms with Crippen LogP contribution in [0.1, 0.15) is 11.1 Å². The van der Waals surface area contributed by atoms with E-state index in [0.717, 1.165) is 11.4 Å². The molecule has 0 heterocycles. The van der Waals surface area contributed by atoms with Crippen LogP contribution in [0.2, 0.25) is 0 Å². The molecule has 9 aromatic carbocycles. The molecule has 0 aromatic heterocycles. The average Bonchev–Trinajstić information content (AvgIpc) is 3.21. The number of hydrogen-bond acceptors (Lipinski definition) is 1. The van der Waals surface area contributed by atoms with Crippen molar-refractivity contribution in [3.8, 4) is 55.6 Å². The fraction of sp³-hybridized carbons (Fsp3) is 0.0385. The Kier molecular flexibility index (Phi) is 7.33. The second-order valence-corrected chi connectivity index (χ2v) is 14.2. The van der Waals surface area contributed by atoms with Crippen molar-refractivity contribution in [3.05, 3.63) is 199 Å². The van der Waals surface area contributed by atoms with Crippen molar-refractivity contribution in [1.29, 1.82) is 0 Å². The van der Waals surface area contributed by atoms with E-state index in [9.17, 15) is 0 Å². The number of para-hydroxylation sites is 1. The van der Waals surface area contributed by atoms with Crippen molar-refractivity contribution in [2.75, 3.05) is 4.90 Å². The van der Waals surface area contributed by atoms with Crippen molar-refractivity contribution in [2.24, 2.45) is 0 Å². The van der Waals surface area contributed by atoms with Gasteiger partial charge in [0.2, 0.25) is 0 Å². The lowest BCUT2D eigenvalue weighted by Gasteiger charge is -2.33.